The van der Waals surface area contributed by atoms with E-state index in [0.717, 1.165) is 6.42 Å². The van der Waals surface area contributed by atoms with Gasteiger partial charge in [0.2, 0.25) is 0 Å². The summed E-state index contributed by atoms with van der Waals surface area (Å²) in [5.74, 6) is 0.698. The first-order valence-electron chi connectivity index (χ1n) is 1.58. The van der Waals surface area contributed by atoms with E-state index in [2.05, 4.69) is 6.58 Å². The van der Waals surface area contributed by atoms with Crippen LogP contribution in [0.4, 0.5) is 0 Å². The lowest BCUT2D eigenvalue weighted by Gasteiger charge is -1.70. The molecule has 0 amide bonds. The molecule has 0 aromatic rings. The predicted molar refractivity (Wildman–Crippen MR) is 34.1 cm³/mol. The molecule has 0 atom stereocenters. The van der Waals surface area contributed by atoms with Crippen LogP contribution in [0.3, 0.4) is 0 Å². The van der Waals surface area contributed by atoms with Crippen LogP contribution >= 0.6 is 11.6 Å². The summed E-state index contributed by atoms with van der Waals surface area (Å²) in [5.41, 5.74) is 0. The summed E-state index contributed by atoms with van der Waals surface area (Å²) in [6, 6.07) is 0. The van der Waals surface area contributed by atoms with Crippen molar-refractivity contribution in [2.75, 3.05) is 5.88 Å². The maximum Gasteiger partial charge on any atom is 0.316 e. The summed E-state index contributed by atoms with van der Waals surface area (Å²) in [4.78, 5) is 0. The molecular weight excluding hydrogens is 108 g/mol. The van der Waals surface area contributed by atoms with Crippen molar-refractivity contribution in [3.63, 3.8) is 0 Å². The van der Waals surface area contributed by atoms with Gasteiger partial charge in [0.05, 0.1) is 0 Å². The Morgan fingerprint density at radius 1 is 1.67 bits per heavy atom. The largest absolute Gasteiger partial charge is 0.316 e. The predicted octanol–water partition coefficient (Wildman–Crippen LogP) is 0.885. The molecule has 2 heteroatoms. The van der Waals surface area contributed by atoms with Gasteiger partial charge in [-0.2, -0.15) is 0 Å². The van der Waals surface area contributed by atoms with Crippen LogP contribution in [0.1, 0.15) is 6.42 Å². The molecule has 0 N–H and O–H groups in total. The monoisotopic (exact) mass is 116 g/mol. The van der Waals surface area contributed by atoms with Gasteiger partial charge in [-0.15, -0.1) is 18.2 Å². The van der Waals surface area contributed by atoms with E-state index in [4.69, 9.17) is 11.6 Å². The first-order valence-corrected chi connectivity index (χ1v) is 2.12. The van der Waals surface area contributed by atoms with E-state index in [9.17, 15) is 0 Å². The number of halogens is 1. The molecule has 0 saturated heterocycles. The average Bonchev–Trinajstić information content (AvgIpc) is 1.41. The molecule has 0 bridgehead atoms. The third-order valence-corrected chi connectivity index (χ3v) is 0.531. The van der Waals surface area contributed by atoms with Crippen molar-refractivity contribution in [1.29, 1.82) is 0 Å². The highest BCUT2D eigenvalue weighted by Gasteiger charge is 1.64. The van der Waals surface area contributed by atoms with Gasteiger partial charge in [0, 0.05) is 5.88 Å². The van der Waals surface area contributed by atoms with E-state index in [-0.39, 0.29) is 23.1 Å². The van der Waals surface area contributed by atoms with Gasteiger partial charge in [-0.3, -0.25) is 0 Å². The topological polar surface area (TPSA) is 0 Å². The molecule has 0 aromatic heterocycles. The van der Waals surface area contributed by atoms with Crippen LogP contribution in [-0.2, 0) is 0 Å². The zero-order valence-electron chi connectivity index (χ0n) is 3.08. The van der Waals surface area contributed by atoms with Gasteiger partial charge in [-0.05, 0) is 6.42 Å². The smallest absolute Gasteiger partial charge is 0.126 e. The molecule has 0 fully saturated rings. The number of allylic oxidation sites excluding steroid dienone is 1. The van der Waals surface area contributed by atoms with Crippen LogP contribution < -0.4 is 0 Å². The zero-order valence-corrected chi connectivity index (χ0v) is 3.83. The Hall–Kier alpha value is 0.796. The average molecular weight is 117 g/mol. The quantitative estimate of drug-likeness (QED) is 0.286. The SMILES string of the molecule is C=CCCCl.[MgH2]. The molecule has 34 valence electrons. The number of alkyl halides is 1. The van der Waals surface area contributed by atoms with Gasteiger partial charge in [-0.1, -0.05) is 6.08 Å². The molecule has 0 aromatic carbocycles. The van der Waals surface area contributed by atoms with Crippen LogP contribution in [0.25, 0.3) is 0 Å². The minimum Gasteiger partial charge on any atom is -0.126 e. The van der Waals surface area contributed by atoms with E-state index in [0.29, 0.717) is 5.88 Å². The second kappa shape index (κ2) is 9.25. The molecule has 0 aliphatic rings. The molecule has 0 saturated carbocycles. The second-order valence-electron chi connectivity index (χ2n) is 0.766. The van der Waals surface area contributed by atoms with Crippen LogP contribution in [0, 0.1) is 0 Å². The van der Waals surface area contributed by atoms with Crippen molar-refractivity contribution in [2.24, 2.45) is 0 Å². The van der Waals surface area contributed by atoms with Crippen molar-refractivity contribution in [3.8, 4) is 0 Å². The third-order valence-electron chi connectivity index (χ3n) is 0.313. The van der Waals surface area contributed by atoms with Gasteiger partial charge in [-0.25, -0.2) is 0 Å². The number of rotatable bonds is 2. The Morgan fingerprint density at radius 3 is 2.17 bits per heavy atom. The zero-order chi connectivity index (χ0) is 4.12. The molecule has 6 heavy (non-hydrogen) atoms. The Kier molecular flexibility index (Phi) is 15.3. The second-order valence-corrected chi connectivity index (χ2v) is 1.14. The Morgan fingerprint density at radius 2 is 2.17 bits per heavy atom. The summed E-state index contributed by atoms with van der Waals surface area (Å²) < 4.78 is 0. The van der Waals surface area contributed by atoms with Crippen molar-refractivity contribution in [2.45, 2.75) is 6.42 Å². The highest BCUT2D eigenvalue weighted by atomic mass is 35.5. The van der Waals surface area contributed by atoms with Gasteiger partial charge in [0.25, 0.3) is 0 Å². The summed E-state index contributed by atoms with van der Waals surface area (Å²) >= 11 is 5.23. The van der Waals surface area contributed by atoms with Gasteiger partial charge >= 0.3 is 23.1 Å². The lowest BCUT2D eigenvalue weighted by atomic mass is 10.5. The first-order chi connectivity index (χ1) is 2.41. The molecule has 0 unspecified atom stereocenters. The Labute approximate surface area is 59.7 Å². The fourth-order valence-electron chi connectivity index (χ4n) is 0.0772. The van der Waals surface area contributed by atoms with Crippen LogP contribution in [-0.4, -0.2) is 28.9 Å². The first kappa shape index (κ1) is 9.93. The van der Waals surface area contributed by atoms with Gasteiger partial charge in [0.15, 0.2) is 0 Å². The van der Waals surface area contributed by atoms with Crippen molar-refractivity contribution < 1.29 is 0 Å². The van der Waals surface area contributed by atoms with Gasteiger partial charge < -0.3 is 0 Å². The van der Waals surface area contributed by atoms with E-state index in [1.54, 1.807) is 6.08 Å². The molecule has 0 radical (unpaired) electrons. The van der Waals surface area contributed by atoms with Crippen LogP contribution in [0.2, 0.25) is 0 Å². The Balaban J connectivity index is 0. The van der Waals surface area contributed by atoms with Gasteiger partial charge in [0.1, 0.15) is 0 Å². The van der Waals surface area contributed by atoms with Crippen molar-refractivity contribution >= 4 is 34.7 Å². The summed E-state index contributed by atoms with van der Waals surface area (Å²) in [7, 11) is 0. The lowest BCUT2D eigenvalue weighted by molar-refractivity contribution is 1.24. The molecule has 0 rings (SSSR count). The van der Waals surface area contributed by atoms with E-state index >= 15 is 0 Å². The summed E-state index contributed by atoms with van der Waals surface area (Å²) in [6.45, 7) is 3.47. The summed E-state index contributed by atoms with van der Waals surface area (Å²) in [6.07, 6.45) is 2.72. The normalized spacial score (nSPS) is 6.17. The molecule has 0 aliphatic carbocycles. The standard InChI is InChI=1S/C4H7Cl.Mg.2H/c1-2-3-4-5;;;/h2H,1,3-4H2;;;. The minimum atomic E-state index is 0. The van der Waals surface area contributed by atoms with Crippen LogP contribution in [0.5, 0.6) is 0 Å². The van der Waals surface area contributed by atoms with Crippen molar-refractivity contribution in [3.05, 3.63) is 12.7 Å². The minimum absolute atomic E-state index is 0. The van der Waals surface area contributed by atoms with E-state index in [1.807, 2.05) is 0 Å². The molecule has 0 nitrogen and oxygen atoms in total. The maximum absolute atomic E-state index is 5.23. The lowest BCUT2D eigenvalue weighted by Crippen LogP contribution is -1.59. The molecular formula is C4H9ClMg. The fraction of sp³-hybridized carbons (Fsp3) is 0.500. The Bertz CT molecular complexity index is 28.7. The number of hydrogen-bond donors (Lipinski definition) is 0. The van der Waals surface area contributed by atoms with E-state index in [1.165, 1.54) is 0 Å². The molecule has 0 aliphatic heterocycles. The maximum atomic E-state index is 5.23. The van der Waals surface area contributed by atoms with Crippen molar-refractivity contribution in [1.82, 2.24) is 0 Å². The summed E-state index contributed by atoms with van der Waals surface area (Å²) in [5, 5.41) is 0. The highest BCUT2D eigenvalue weighted by molar-refractivity contribution is 6.17. The third kappa shape index (κ3) is 8.84. The molecule has 0 spiro atoms. The number of hydrogen-bond acceptors (Lipinski definition) is 0. The highest BCUT2D eigenvalue weighted by Crippen LogP contribution is 1.80. The van der Waals surface area contributed by atoms with Crippen LogP contribution in [0.15, 0.2) is 12.7 Å². The molecule has 0 heterocycles. The van der Waals surface area contributed by atoms with E-state index < -0.39 is 0 Å². The fourth-order valence-corrected chi connectivity index (χ4v) is 0.231.